The Bertz CT molecular complexity index is 435. The lowest BCUT2D eigenvalue weighted by atomic mass is 10.0. The van der Waals surface area contributed by atoms with Gasteiger partial charge < -0.3 is 4.74 Å². The third-order valence-electron chi connectivity index (χ3n) is 3.58. The third-order valence-corrected chi connectivity index (χ3v) is 5.28. The largest absolute Gasteiger partial charge is 0.361 e. The van der Waals surface area contributed by atoms with Crippen LogP contribution in [0.1, 0.15) is 24.2 Å². The topological polar surface area (TPSA) is 65.1 Å². The Labute approximate surface area is 140 Å². The zero-order valence-electron chi connectivity index (χ0n) is 13.1. The van der Waals surface area contributed by atoms with E-state index in [9.17, 15) is 0 Å². The predicted molar refractivity (Wildman–Crippen MR) is 95.3 cm³/mol. The molecule has 2 rings (SSSR count). The molecule has 0 aliphatic heterocycles. The number of hydrogen-bond acceptors (Lipinski definition) is 4. The number of fused-ring (bicyclic) bond motifs is 1. The first-order chi connectivity index (χ1) is 9.01. The average molecular weight is 355 g/mol. The summed E-state index contributed by atoms with van der Waals surface area (Å²) in [4.78, 5) is 4.55. The van der Waals surface area contributed by atoms with Crippen molar-refractivity contribution in [3.63, 3.8) is 0 Å². The first-order valence-electron chi connectivity index (χ1n) is 7.14. The molecule has 3 N–H and O–H groups in total. The number of halogens is 2. The summed E-state index contributed by atoms with van der Waals surface area (Å²) in [5.74, 6) is 6.29. The molecule has 1 aromatic rings. The molecule has 0 atom stereocenters. The second kappa shape index (κ2) is 9.00. The van der Waals surface area contributed by atoms with E-state index in [0.717, 1.165) is 25.4 Å². The lowest BCUT2D eigenvalue weighted by Gasteiger charge is -2.18. The number of imidazole rings is 1. The van der Waals surface area contributed by atoms with Gasteiger partial charge in [0.1, 0.15) is 6.73 Å². The van der Waals surface area contributed by atoms with Crippen LogP contribution in [0.5, 0.6) is 0 Å². The molecular weight excluding hydrogens is 327 g/mol. The highest BCUT2D eigenvalue weighted by Crippen LogP contribution is 2.24. The number of nitrogen functional groups attached to an aromatic ring is 1. The maximum absolute atomic E-state index is 5.82. The molecule has 1 heterocycles. The summed E-state index contributed by atoms with van der Waals surface area (Å²) in [5.41, 5.74) is 5.18. The standard InChI is InChI=1S/C13H26N4OSi.2ClH/c1-19(2,3)9-8-18-10-17-12-7-5-4-6-11(12)15-13(17)16-14;;/h4-10,14H2,1-3H3,(H,15,16);2*1H. The number of aryl methyl sites for hydroxylation is 1. The van der Waals surface area contributed by atoms with Gasteiger partial charge in [-0.1, -0.05) is 19.6 Å². The van der Waals surface area contributed by atoms with Gasteiger partial charge in [-0.2, -0.15) is 0 Å². The Kier molecular flexibility index (Phi) is 8.88. The first kappa shape index (κ1) is 20.7. The molecular formula is C13H28Cl2N4OSi. The van der Waals surface area contributed by atoms with E-state index >= 15 is 0 Å². The smallest absolute Gasteiger partial charge is 0.219 e. The van der Waals surface area contributed by atoms with E-state index in [1.54, 1.807) is 0 Å². The molecule has 0 radical (unpaired) electrons. The number of aromatic nitrogens is 2. The van der Waals surface area contributed by atoms with E-state index in [2.05, 4.69) is 34.6 Å². The molecule has 8 heteroatoms. The molecule has 124 valence electrons. The zero-order valence-corrected chi connectivity index (χ0v) is 15.8. The van der Waals surface area contributed by atoms with Crippen LogP contribution >= 0.6 is 24.8 Å². The molecule has 0 unspecified atom stereocenters. The monoisotopic (exact) mass is 354 g/mol. The molecule has 1 aromatic heterocycles. The van der Waals surface area contributed by atoms with Gasteiger partial charge in [-0.25, -0.2) is 10.8 Å². The lowest BCUT2D eigenvalue weighted by molar-refractivity contribution is 0.0864. The number of nitrogens with one attached hydrogen (secondary N) is 1. The minimum absolute atomic E-state index is 0. The van der Waals surface area contributed by atoms with Crippen molar-refractivity contribution in [2.24, 2.45) is 5.84 Å². The molecule has 5 nitrogen and oxygen atoms in total. The van der Waals surface area contributed by atoms with Gasteiger partial charge in [0.25, 0.3) is 0 Å². The van der Waals surface area contributed by atoms with E-state index in [4.69, 9.17) is 10.6 Å². The van der Waals surface area contributed by atoms with E-state index in [0.29, 0.717) is 6.73 Å². The van der Waals surface area contributed by atoms with Crippen molar-refractivity contribution in [2.75, 3.05) is 12.0 Å². The Morgan fingerprint density at radius 1 is 1.24 bits per heavy atom. The van der Waals surface area contributed by atoms with Crippen LogP contribution in [0.15, 0.2) is 0 Å². The van der Waals surface area contributed by atoms with Gasteiger partial charge in [0.15, 0.2) is 0 Å². The van der Waals surface area contributed by atoms with Crippen molar-refractivity contribution in [1.82, 2.24) is 9.55 Å². The summed E-state index contributed by atoms with van der Waals surface area (Å²) >= 11 is 0. The van der Waals surface area contributed by atoms with Gasteiger partial charge in [-0.15, -0.1) is 24.8 Å². The van der Waals surface area contributed by atoms with Crippen LogP contribution in [-0.2, 0) is 24.3 Å². The second-order valence-electron chi connectivity index (χ2n) is 6.46. The fourth-order valence-electron chi connectivity index (χ4n) is 2.38. The summed E-state index contributed by atoms with van der Waals surface area (Å²) in [7, 11) is -1.02. The first-order valence-corrected chi connectivity index (χ1v) is 10.8. The third kappa shape index (κ3) is 5.79. The molecule has 0 fully saturated rings. The number of nitrogens with zero attached hydrogens (tertiary/aromatic N) is 2. The van der Waals surface area contributed by atoms with Gasteiger partial charge in [-0.3, -0.25) is 9.99 Å². The molecule has 0 amide bonds. The predicted octanol–water partition coefficient (Wildman–Crippen LogP) is 3.20. The molecule has 0 aromatic carbocycles. The van der Waals surface area contributed by atoms with Gasteiger partial charge in [0, 0.05) is 20.4 Å². The fourth-order valence-corrected chi connectivity index (χ4v) is 3.14. The van der Waals surface area contributed by atoms with Crippen LogP contribution < -0.4 is 11.3 Å². The van der Waals surface area contributed by atoms with Crippen molar-refractivity contribution < 1.29 is 4.74 Å². The fraction of sp³-hybridized carbons (Fsp3) is 0.769. The van der Waals surface area contributed by atoms with Crippen LogP contribution in [0, 0.1) is 0 Å². The highest BCUT2D eigenvalue weighted by Gasteiger charge is 2.19. The summed E-state index contributed by atoms with van der Waals surface area (Å²) in [6.45, 7) is 8.48. The minimum atomic E-state index is -1.02. The van der Waals surface area contributed by atoms with Gasteiger partial charge in [0.05, 0.1) is 5.69 Å². The molecule has 0 saturated carbocycles. The van der Waals surface area contributed by atoms with Crippen LogP contribution in [0.3, 0.4) is 0 Å². The van der Waals surface area contributed by atoms with Gasteiger partial charge in [0.2, 0.25) is 5.95 Å². The van der Waals surface area contributed by atoms with Gasteiger partial charge in [-0.05, 0) is 31.7 Å². The Morgan fingerprint density at radius 2 is 1.90 bits per heavy atom. The summed E-state index contributed by atoms with van der Waals surface area (Å²) in [6.07, 6.45) is 4.61. The van der Waals surface area contributed by atoms with Crippen LogP contribution in [0.25, 0.3) is 0 Å². The number of hydrogen-bond donors (Lipinski definition) is 2. The van der Waals surface area contributed by atoms with Crippen LogP contribution in [0.2, 0.25) is 25.7 Å². The summed E-state index contributed by atoms with van der Waals surface area (Å²) in [5, 5.41) is 0. The van der Waals surface area contributed by atoms with Crippen LogP contribution in [-0.4, -0.2) is 24.2 Å². The SMILES string of the molecule is C[Si](C)(C)CCOCn1c(NN)nc2c1CCCC2.Cl.Cl. The van der Waals surface area contributed by atoms with Crippen molar-refractivity contribution in [3.8, 4) is 0 Å². The molecule has 21 heavy (non-hydrogen) atoms. The maximum Gasteiger partial charge on any atom is 0.219 e. The van der Waals surface area contributed by atoms with Crippen molar-refractivity contribution in [3.05, 3.63) is 11.4 Å². The van der Waals surface area contributed by atoms with E-state index in [1.807, 2.05) is 0 Å². The normalized spacial score (nSPS) is 13.9. The van der Waals surface area contributed by atoms with Gasteiger partial charge >= 0.3 is 0 Å². The van der Waals surface area contributed by atoms with E-state index in [-0.39, 0.29) is 24.8 Å². The van der Waals surface area contributed by atoms with E-state index < -0.39 is 8.07 Å². The zero-order chi connectivity index (χ0) is 13.9. The quantitative estimate of drug-likeness (QED) is 0.356. The van der Waals surface area contributed by atoms with Crippen LogP contribution in [0.4, 0.5) is 5.95 Å². The highest BCUT2D eigenvalue weighted by atomic mass is 35.5. The lowest BCUT2D eigenvalue weighted by Crippen LogP contribution is -2.23. The number of ether oxygens (including phenoxy) is 1. The van der Waals surface area contributed by atoms with Crippen molar-refractivity contribution >= 4 is 38.8 Å². The molecule has 0 spiro atoms. The van der Waals surface area contributed by atoms with E-state index in [1.165, 1.54) is 30.3 Å². The number of nitrogens with two attached hydrogens (primary N) is 1. The van der Waals surface area contributed by atoms with Crippen molar-refractivity contribution in [2.45, 2.75) is 58.1 Å². The Balaban J connectivity index is 0.00000200. The molecule has 0 saturated heterocycles. The highest BCUT2D eigenvalue weighted by molar-refractivity contribution is 6.76. The number of hydrazine groups is 1. The number of rotatable bonds is 6. The second-order valence-corrected chi connectivity index (χ2v) is 12.1. The molecule has 1 aliphatic rings. The minimum Gasteiger partial charge on any atom is -0.361 e. The Hall–Kier alpha value is -0.273. The number of anilines is 1. The summed E-state index contributed by atoms with van der Waals surface area (Å²) in [6, 6.07) is 1.19. The van der Waals surface area contributed by atoms with Crippen molar-refractivity contribution in [1.29, 1.82) is 0 Å². The maximum atomic E-state index is 5.82. The average Bonchev–Trinajstić information content (AvgIpc) is 2.71. The summed E-state index contributed by atoms with van der Waals surface area (Å²) < 4.78 is 7.92. The Morgan fingerprint density at radius 3 is 2.52 bits per heavy atom. The molecule has 0 bridgehead atoms. The molecule has 1 aliphatic carbocycles.